The number of aryl methyl sites for hydroxylation is 2. The Kier molecular flexibility index (Phi) is 11.7. The van der Waals surface area contributed by atoms with E-state index >= 15 is 0 Å². The summed E-state index contributed by atoms with van der Waals surface area (Å²) in [5.41, 5.74) is 4.21. The van der Waals surface area contributed by atoms with Gasteiger partial charge >= 0.3 is 11.9 Å². The van der Waals surface area contributed by atoms with Crippen molar-refractivity contribution in [3.8, 4) is 0 Å². The summed E-state index contributed by atoms with van der Waals surface area (Å²) in [6.45, 7) is 21.5. The molecule has 0 aromatic carbocycles. The molecular weight excluding hydrogens is 721 g/mol. The molecule has 0 N–H and O–H groups in total. The molecule has 5 aliphatic rings. The van der Waals surface area contributed by atoms with Crippen LogP contribution in [0.2, 0.25) is 0 Å². The maximum Gasteiger partial charge on any atom is 0.312 e. The van der Waals surface area contributed by atoms with Crippen LogP contribution < -0.4 is 18.9 Å². The third kappa shape index (κ3) is 7.39. The zero-order valence-electron chi connectivity index (χ0n) is 37.8. The number of carbonyl (C=O) groups excluding carboxylic acids is 2. The highest BCUT2D eigenvalue weighted by Gasteiger charge is 2.71. The van der Waals surface area contributed by atoms with Crippen molar-refractivity contribution in [2.75, 3.05) is 44.6 Å². The van der Waals surface area contributed by atoms with Crippen molar-refractivity contribution in [1.29, 1.82) is 0 Å². The third-order valence-electron chi connectivity index (χ3n) is 17.9. The molecule has 2 aromatic rings. The molecule has 10 atom stereocenters. The minimum atomic E-state index is -0.0848. The summed E-state index contributed by atoms with van der Waals surface area (Å²) >= 11 is 0. The summed E-state index contributed by atoms with van der Waals surface area (Å²) in [4.78, 5) is 30.9. The second-order valence-corrected chi connectivity index (χ2v) is 21.4. The van der Waals surface area contributed by atoms with Crippen molar-refractivity contribution in [2.24, 2.45) is 56.7 Å². The van der Waals surface area contributed by atoms with Gasteiger partial charge in [0.05, 0.1) is 6.61 Å². The van der Waals surface area contributed by atoms with Crippen LogP contribution >= 0.6 is 0 Å². The number of hydrogen-bond donors (Lipinski definition) is 0. The Labute approximate surface area is 350 Å². The minimum absolute atomic E-state index is 0.0341. The first kappa shape index (κ1) is 42.7. The molecule has 5 fully saturated rings. The molecule has 5 aliphatic carbocycles. The van der Waals surface area contributed by atoms with Crippen LogP contribution in [0.5, 0.6) is 0 Å². The van der Waals surface area contributed by atoms with Crippen molar-refractivity contribution < 1.29 is 28.2 Å². The number of carbonyl (C=O) groups is 2. The molecule has 318 valence electrons. The van der Waals surface area contributed by atoms with Gasteiger partial charge in [0.2, 0.25) is 0 Å². The van der Waals surface area contributed by atoms with E-state index in [0.29, 0.717) is 62.1 Å². The van der Waals surface area contributed by atoms with Crippen LogP contribution in [0.3, 0.4) is 0 Å². The number of hydrogen-bond acceptors (Lipinski definition) is 6. The van der Waals surface area contributed by atoms with E-state index in [0.717, 1.165) is 43.5 Å². The average molecular weight is 797 g/mol. The molecule has 0 saturated heterocycles. The van der Waals surface area contributed by atoms with Gasteiger partial charge in [-0.25, -0.2) is 9.13 Å². The summed E-state index contributed by atoms with van der Waals surface area (Å²) in [6, 6.07) is 8.35. The maximum absolute atomic E-state index is 13.4. The van der Waals surface area contributed by atoms with Crippen molar-refractivity contribution >= 4 is 23.3 Å². The van der Waals surface area contributed by atoms with Crippen LogP contribution in [0.15, 0.2) is 61.2 Å². The van der Waals surface area contributed by atoms with Gasteiger partial charge in [-0.15, -0.1) is 0 Å². The van der Waals surface area contributed by atoms with Crippen molar-refractivity contribution in [1.82, 2.24) is 0 Å². The third-order valence-corrected chi connectivity index (χ3v) is 17.9. The quantitative estimate of drug-likeness (QED) is 0.121. The Morgan fingerprint density at radius 2 is 1.29 bits per heavy atom. The lowest BCUT2D eigenvalue weighted by molar-refractivity contribution is -0.696. The van der Waals surface area contributed by atoms with Crippen molar-refractivity contribution in [3.05, 3.63) is 61.2 Å². The molecule has 58 heavy (non-hydrogen) atoms. The average Bonchev–Trinajstić information content (AvgIpc) is 3.57. The zero-order chi connectivity index (χ0) is 41.8. The first-order chi connectivity index (χ1) is 27.3. The van der Waals surface area contributed by atoms with E-state index < -0.39 is 0 Å². The zero-order valence-corrected chi connectivity index (χ0v) is 37.8. The van der Waals surface area contributed by atoms with E-state index in [1.54, 1.807) is 0 Å². The van der Waals surface area contributed by atoms with E-state index in [9.17, 15) is 9.59 Å². The number of aromatic nitrogens is 2. The highest BCUT2D eigenvalue weighted by molar-refractivity contribution is 5.69. The number of anilines is 2. The van der Waals surface area contributed by atoms with Gasteiger partial charge in [-0.2, -0.15) is 0 Å². The van der Waals surface area contributed by atoms with E-state index in [1.807, 2.05) is 53.0 Å². The van der Waals surface area contributed by atoms with E-state index in [-0.39, 0.29) is 45.1 Å². The van der Waals surface area contributed by atoms with E-state index in [1.165, 1.54) is 37.7 Å². The van der Waals surface area contributed by atoms with Crippen LogP contribution in [0.4, 0.5) is 11.4 Å². The molecule has 0 radical (unpaired) electrons. The van der Waals surface area contributed by atoms with E-state index in [4.69, 9.17) is 9.47 Å². The summed E-state index contributed by atoms with van der Waals surface area (Å²) in [5.74, 6) is 2.58. The topological polar surface area (TPSA) is 66.8 Å². The molecule has 0 aliphatic heterocycles. The fraction of sp³-hybridized carbons (Fsp3) is 0.720. The first-order valence-corrected chi connectivity index (χ1v) is 22.7. The molecule has 0 bridgehead atoms. The molecule has 7 rings (SSSR count). The normalized spacial score (nSPS) is 36.0. The van der Waals surface area contributed by atoms with Gasteiger partial charge in [-0.1, -0.05) is 46.8 Å². The van der Waals surface area contributed by atoms with Gasteiger partial charge in [-0.05, 0) is 117 Å². The second kappa shape index (κ2) is 15.9. The second-order valence-electron chi connectivity index (χ2n) is 21.4. The molecule has 2 heterocycles. The van der Waals surface area contributed by atoms with Gasteiger partial charge in [0.25, 0.3) is 0 Å². The number of esters is 2. The van der Waals surface area contributed by atoms with Gasteiger partial charge < -0.3 is 19.3 Å². The van der Waals surface area contributed by atoms with Gasteiger partial charge in [0, 0.05) is 74.7 Å². The highest BCUT2D eigenvalue weighted by Crippen LogP contribution is 2.77. The predicted molar refractivity (Wildman–Crippen MR) is 231 cm³/mol. The fourth-order valence-corrected chi connectivity index (χ4v) is 14.5. The maximum atomic E-state index is 13.4. The van der Waals surface area contributed by atoms with Crippen molar-refractivity contribution in [2.45, 2.75) is 138 Å². The number of allylic oxidation sites excluding steroid dienone is 1. The standard InChI is InChI=1S/C50H76N4O4/c1-35(2)38-14-25-50(34-57-43(55)21-32-53-28-17-36(18-29-53)51(8)9)27-26-48(6)39(45(38)50)12-13-41-47(5)23-16-42(46(3,4)40(47)15-24-49(41,48)7)58-44(56)22-33-54-30-19-37(20-31-54)52(10)11/h17-20,28-31,38-42,45H,1,12-16,21-27,32-34H2,2-11H3/q+2/t38-,39?,40?,41?,42-,45?,47-,48+,49+,50+/m0/s1. The monoisotopic (exact) mass is 797 g/mol. The highest BCUT2D eigenvalue weighted by atomic mass is 16.5. The van der Waals surface area contributed by atoms with Crippen molar-refractivity contribution in [3.63, 3.8) is 0 Å². The SMILES string of the molecule is C=C(C)[C@@H]1CC[C@]2(COC(=O)CC[n+]3ccc(N(C)C)cc3)CC[C@]3(C)C(CCC4[C@@]5(C)CC[C@H](OC(=O)CC[n+]6ccc(N(C)C)cc6)C(C)(C)C5CC[C@]43C)C12. The molecule has 0 amide bonds. The molecule has 2 aromatic heterocycles. The van der Waals surface area contributed by atoms with Crippen LogP contribution in [-0.2, 0) is 32.2 Å². The van der Waals surface area contributed by atoms with Gasteiger partial charge in [0.1, 0.15) is 18.9 Å². The molecular formula is C50H76N4O4+2. The van der Waals surface area contributed by atoms with Crippen LogP contribution in [0, 0.1) is 56.7 Å². The smallest absolute Gasteiger partial charge is 0.312 e. The number of fused-ring (bicyclic) bond motifs is 7. The lowest BCUT2D eigenvalue weighted by atomic mass is 9.32. The summed E-state index contributed by atoms with van der Waals surface area (Å²) in [6.07, 6.45) is 20.5. The summed E-state index contributed by atoms with van der Waals surface area (Å²) < 4.78 is 16.9. The number of ether oxygens (including phenoxy) is 2. The molecule has 8 nitrogen and oxygen atoms in total. The Hall–Kier alpha value is -3.42. The first-order valence-electron chi connectivity index (χ1n) is 22.7. The lowest BCUT2D eigenvalue weighted by Gasteiger charge is -2.73. The van der Waals surface area contributed by atoms with Crippen LogP contribution in [-0.4, -0.2) is 52.8 Å². The molecule has 0 spiro atoms. The van der Waals surface area contributed by atoms with Gasteiger partial charge in [0.15, 0.2) is 37.9 Å². The van der Waals surface area contributed by atoms with Gasteiger partial charge in [-0.3, -0.25) is 9.59 Å². The summed E-state index contributed by atoms with van der Waals surface area (Å²) in [5, 5.41) is 0. The Morgan fingerprint density at radius 1 is 0.707 bits per heavy atom. The predicted octanol–water partition coefficient (Wildman–Crippen LogP) is 8.99. The van der Waals surface area contributed by atoms with E-state index in [2.05, 4.69) is 91.3 Å². The Morgan fingerprint density at radius 3 is 1.86 bits per heavy atom. The Bertz CT molecular complexity index is 1820. The number of nitrogens with zero attached hydrogens (tertiary/aromatic N) is 4. The molecule has 5 saturated carbocycles. The largest absolute Gasteiger partial charge is 0.465 e. The molecule has 8 heteroatoms. The Balaban J connectivity index is 1.02. The number of rotatable bonds is 12. The minimum Gasteiger partial charge on any atom is -0.465 e. The van der Waals surface area contributed by atoms with Crippen LogP contribution in [0.1, 0.15) is 119 Å². The number of pyridine rings is 2. The summed E-state index contributed by atoms with van der Waals surface area (Å²) in [7, 11) is 8.16. The fourth-order valence-electron chi connectivity index (χ4n) is 14.5. The lowest BCUT2D eigenvalue weighted by Crippen LogP contribution is -2.67. The van der Waals surface area contributed by atoms with Crippen LogP contribution in [0.25, 0.3) is 0 Å². The molecule has 4 unspecified atom stereocenters.